The summed E-state index contributed by atoms with van der Waals surface area (Å²) in [5, 5.41) is 5.13. The van der Waals surface area contributed by atoms with Gasteiger partial charge in [0.2, 0.25) is 0 Å². The molecule has 3 aromatic rings. The van der Waals surface area contributed by atoms with Crippen LogP contribution in [-0.2, 0) is 6.54 Å². The predicted molar refractivity (Wildman–Crippen MR) is 101 cm³/mol. The second-order valence-electron chi connectivity index (χ2n) is 5.59. The van der Waals surface area contributed by atoms with E-state index in [0.29, 0.717) is 17.8 Å². The number of anilines is 1. The van der Waals surface area contributed by atoms with Crippen molar-refractivity contribution in [2.45, 2.75) is 13.5 Å². The number of fused-ring (bicyclic) bond motifs is 1. The number of nitrogens with zero attached hydrogens (tertiary/aromatic N) is 2. The van der Waals surface area contributed by atoms with Crippen molar-refractivity contribution < 1.29 is 4.79 Å². The Morgan fingerprint density at radius 3 is 2.76 bits per heavy atom. The van der Waals surface area contributed by atoms with Gasteiger partial charge in [-0.2, -0.15) is 5.10 Å². The Kier molecular flexibility index (Phi) is 4.53. The Balaban J connectivity index is 1.90. The van der Waals surface area contributed by atoms with Gasteiger partial charge in [0, 0.05) is 27.8 Å². The van der Waals surface area contributed by atoms with Crippen molar-refractivity contribution in [3.63, 3.8) is 0 Å². The third-order valence-electron chi connectivity index (χ3n) is 4.09. The number of para-hydroxylation sites is 2. The van der Waals surface area contributed by atoms with Crippen LogP contribution >= 0.6 is 0 Å². The zero-order valence-corrected chi connectivity index (χ0v) is 13.9. The molecule has 0 aliphatic carbocycles. The zero-order valence-electron chi connectivity index (χ0n) is 13.9. The number of terminal acetylenes is 1. The summed E-state index contributed by atoms with van der Waals surface area (Å²) in [5.74, 6) is 2.32. The number of aromatic nitrogens is 1. The molecule has 1 amide bonds. The van der Waals surface area contributed by atoms with Gasteiger partial charge in [-0.15, -0.1) is 6.42 Å². The summed E-state index contributed by atoms with van der Waals surface area (Å²) in [6.07, 6.45) is 7.12. The second-order valence-corrected chi connectivity index (χ2v) is 5.59. The van der Waals surface area contributed by atoms with Crippen LogP contribution in [0.2, 0.25) is 0 Å². The summed E-state index contributed by atoms with van der Waals surface area (Å²) < 4.78 is 2.05. The van der Waals surface area contributed by atoms with Gasteiger partial charge in [-0.3, -0.25) is 4.79 Å². The van der Waals surface area contributed by atoms with Crippen LogP contribution in [0.15, 0.2) is 53.6 Å². The minimum atomic E-state index is -0.348. The van der Waals surface area contributed by atoms with E-state index in [4.69, 9.17) is 12.2 Å². The van der Waals surface area contributed by atoms with Crippen molar-refractivity contribution in [1.82, 2.24) is 9.99 Å². The molecule has 0 radical (unpaired) electrons. The van der Waals surface area contributed by atoms with Crippen LogP contribution in [0.25, 0.3) is 10.9 Å². The first kappa shape index (κ1) is 16.3. The summed E-state index contributed by atoms with van der Waals surface area (Å²) in [6.45, 7) is 2.46. The molecule has 1 heterocycles. The lowest BCUT2D eigenvalue weighted by Gasteiger charge is -2.03. The molecule has 1 aromatic heterocycles. The summed E-state index contributed by atoms with van der Waals surface area (Å²) in [4.78, 5) is 12.2. The third kappa shape index (κ3) is 3.10. The second kappa shape index (κ2) is 6.93. The minimum Gasteiger partial charge on any atom is -0.398 e. The van der Waals surface area contributed by atoms with Gasteiger partial charge in [-0.25, -0.2) is 5.43 Å². The first-order chi connectivity index (χ1) is 12.1. The van der Waals surface area contributed by atoms with Gasteiger partial charge < -0.3 is 10.3 Å². The molecule has 0 saturated heterocycles. The standard InChI is InChI=1S/C20H18N4O/c1-3-12-24-14(2)17(15-8-5-7-11-19(15)24)13-22-23-20(25)16-9-4-6-10-18(16)21/h1,4-11,13H,12,21H2,2H3,(H,23,25)/b22-13-. The maximum Gasteiger partial charge on any atom is 0.273 e. The number of amides is 1. The number of carbonyl (C=O) groups is 1. The molecule has 0 fully saturated rings. The molecule has 3 rings (SSSR count). The van der Waals surface area contributed by atoms with E-state index in [0.717, 1.165) is 22.2 Å². The lowest BCUT2D eigenvalue weighted by Crippen LogP contribution is -2.19. The van der Waals surface area contributed by atoms with Crippen LogP contribution in [0, 0.1) is 19.3 Å². The molecular formula is C20H18N4O. The molecule has 0 unspecified atom stereocenters. The van der Waals surface area contributed by atoms with E-state index in [2.05, 4.69) is 16.4 Å². The first-order valence-electron chi connectivity index (χ1n) is 7.82. The average Bonchev–Trinajstić information content (AvgIpc) is 2.88. The van der Waals surface area contributed by atoms with Gasteiger partial charge in [0.15, 0.2) is 0 Å². The molecule has 124 valence electrons. The van der Waals surface area contributed by atoms with Gasteiger partial charge in [-0.05, 0) is 25.1 Å². The van der Waals surface area contributed by atoms with Crippen LogP contribution in [0.1, 0.15) is 21.6 Å². The highest BCUT2D eigenvalue weighted by molar-refractivity contribution is 6.03. The van der Waals surface area contributed by atoms with Crippen molar-refractivity contribution in [2.24, 2.45) is 5.10 Å². The smallest absolute Gasteiger partial charge is 0.273 e. The van der Waals surface area contributed by atoms with Crippen molar-refractivity contribution in [2.75, 3.05) is 5.73 Å². The molecule has 0 spiro atoms. The molecular weight excluding hydrogens is 312 g/mol. The number of rotatable bonds is 4. The van der Waals surface area contributed by atoms with Gasteiger partial charge in [0.1, 0.15) is 0 Å². The van der Waals surface area contributed by atoms with Gasteiger partial charge in [0.05, 0.1) is 18.3 Å². The van der Waals surface area contributed by atoms with Crippen molar-refractivity contribution in [1.29, 1.82) is 0 Å². The summed E-state index contributed by atoms with van der Waals surface area (Å²) in [7, 11) is 0. The van der Waals surface area contributed by atoms with Gasteiger partial charge in [-0.1, -0.05) is 36.3 Å². The van der Waals surface area contributed by atoms with E-state index in [9.17, 15) is 4.79 Å². The van der Waals surface area contributed by atoms with Crippen molar-refractivity contribution >= 4 is 28.7 Å². The maximum atomic E-state index is 12.2. The summed E-state index contributed by atoms with van der Waals surface area (Å²) in [5.41, 5.74) is 12.1. The monoisotopic (exact) mass is 330 g/mol. The van der Waals surface area contributed by atoms with Crippen LogP contribution in [-0.4, -0.2) is 16.7 Å². The predicted octanol–water partition coefficient (Wildman–Crippen LogP) is 2.93. The van der Waals surface area contributed by atoms with E-state index < -0.39 is 0 Å². The molecule has 2 aromatic carbocycles. The third-order valence-corrected chi connectivity index (χ3v) is 4.09. The Morgan fingerprint density at radius 1 is 1.28 bits per heavy atom. The number of benzene rings is 2. The molecule has 0 aliphatic heterocycles. The highest BCUT2D eigenvalue weighted by Crippen LogP contribution is 2.24. The lowest BCUT2D eigenvalue weighted by atomic mass is 10.1. The molecule has 0 saturated carbocycles. The van der Waals surface area contributed by atoms with E-state index in [1.54, 1.807) is 30.5 Å². The number of hydrogen-bond donors (Lipinski definition) is 2. The maximum absolute atomic E-state index is 12.2. The normalized spacial score (nSPS) is 10.9. The average molecular weight is 330 g/mol. The molecule has 0 atom stereocenters. The van der Waals surface area contributed by atoms with Crippen LogP contribution < -0.4 is 11.2 Å². The van der Waals surface area contributed by atoms with Gasteiger partial charge in [0.25, 0.3) is 5.91 Å². The highest BCUT2D eigenvalue weighted by Gasteiger charge is 2.12. The molecule has 3 N–H and O–H groups in total. The minimum absolute atomic E-state index is 0.348. The number of hydrogen-bond acceptors (Lipinski definition) is 3. The highest BCUT2D eigenvalue weighted by atomic mass is 16.2. The van der Waals surface area contributed by atoms with E-state index in [1.165, 1.54) is 0 Å². The Bertz CT molecular complexity index is 1010. The largest absolute Gasteiger partial charge is 0.398 e. The Labute approximate surface area is 146 Å². The van der Waals surface area contributed by atoms with Crippen LogP contribution in [0.5, 0.6) is 0 Å². The zero-order chi connectivity index (χ0) is 17.8. The number of nitrogen functional groups attached to an aromatic ring is 1. The SMILES string of the molecule is C#CCn1c(C)c(/C=N\NC(=O)c2ccccc2N)c2ccccc21. The summed E-state index contributed by atoms with van der Waals surface area (Å²) in [6, 6.07) is 14.8. The number of nitrogens with two attached hydrogens (primary N) is 1. The Morgan fingerprint density at radius 2 is 2.00 bits per heavy atom. The van der Waals surface area contributed by atoms with Crippen LogP contribution in [0.3, 0.4) is 0 Å². The fraction of sp³-hybridized carbons (Fsp3) is 0.100. The molecule has 5 nitrogen and oxygen atoms in total. The topological polar surface area (TPSA) is 72.4 Å². The van der Waals surface area contributed by atoms with E-state index in [1.807, 2.05) is 35.8 Å². The molecule has 25 heavy (non-hydrogen) atoms. The fourth-order valence-electron chi connectivity index (χ4n) is 2.84. The number of nitrogens with one attached hydrogen (secondary N) is 1. The molecule has 0 aliphatic rings. The lowest BCUT2D eigenvalue weighted by molar-refractivity contribution is 0.0956. The van der Waals surface area contributed by atoms with Gasteiger partial charge >= 0.3 is 0 Å². The Hall–Kier alpha value is -3.52. The molecule has 0 bridgehead atoms. The number of hydrazone groups is 1. The first-order valence-corrected chi connectivity index (χ1v) is 7.82. The van der Waals surface area contributed by atoms with E-state index >= 15 is 0 Å². The quantitative estimate of drug-likeness (QED) is 0.334. The molecule has 5 heteroatoms. The van der Waals surface area contributed by atoms with E-state index in [-0.39, 0.29) is 5.91 Å². The number of carbonyl (C=O) groups excluding carboxylic acids is 1. The van der Waals surface area contributed by atoms with Crippen molar-refractivity contribution in [3.05, 3.63) is 65.4 Å². The van der Waals surface area contributed by atoms with Crippen LogP contribution in [0.4, 0.5) is 5.69 Å². The fourth-order valence-corrected chi connectivity index (χ4v) is 2.84. The van der Waals surface area contributed by atoms with Crippen molar-refractivity contribution in [3.8, 4) is 12.3 Å². The summed E-state index contributed by atoms with van der Waals surface area (Å²) >= 11 is 0.